The highest BCUT2D eigenvalue weighted by Crippen LogP contribution is 2.19. The second-order valence-electron chi connectivity index (χ2n) is 5.53. The van der Waals surface area contributed by atoms with Gasteiger partial charge in [-0.15, -0.1) is 0 Å². The van der Waals surface area contributed by atoms with Gasteiger partial charge in [-0.25, -0.2) is 0 Å². The first kappa shape index (κ1) is 21.0. The van der Waals surface area contributed by atoms with Crippen molar-refractivity contribution in [2.24, 2.45) is 4.99 Å². The van der Waals surface area contributed by atoms with Crippen LogP contribution in [-0.2, 0) is 14.2 Å². The summed E-state index contributed by atoms with van der Waals surface area (Å²) in [6, 6.07) is 2.95. The molecule has 27 heavy (non-hydrogen) atoms. The molecule has 10 heteroatoms. The molecule has 0 saturated carbocycles. The average molecular weight is 389 g/mol. The molecule has 1 atom stereocenters. The molecule has 150 valence electrons. The Balaban J connectivity index is 1.98. The first-order chi connectivity index (χ1) is 12.9. The fourth-order valence-electron chi connectivity index (χ4n) is 2.17. The largest absolute Gasteiger partial charge is 0.483 e. The number of nitrogens with one attached hydrogen (secondary N) is 1. The summed E-state index contributed by atoms with van der Waals surface area (Å²) >= 11 is 0. The molecule has 7 nitrogen and oxygen atoms in total. The highest BCUT2D eigenvalue weighted by Gasteiger charge is 2.28. The molecule has 0 spiro atoms. The zero-order chi connectivity index (χ0) is 19.7. The van der Waals surface area contributed by atoms with Crippen LogP contribution in [0.15, 0.2) is 29.4 Å². The third kappa shape index (κ3) is 7.43. The molecule has 1 aliphatic rings. The summed E-state index contributed by atoms with van der Waals surface area (Å²) in [6.07, 6.45) is -1.69. The van der Waals surface area contributed by atoms with Gasteiger partial charge in [-0.2, -0.15) is 13.2 Å². The standard InChI is InChI=1S/C17H22F3N3O4/c1-21-15(7-16(22-2)26-10-13-9-24-5-6-25-13)14-4-3-12(8-23-14)27-11-17(18,19)20/h3-4,7-8,13,21H,5-6,9-11H2,1-2H3/b15-7-,22-16?. The van der Waals surface area contributed by atoms with Gasteiger partial charge in [0.1, 0.15) is 18.5 Å². The molecule has 0 bridgehead atoms. The van der Waals surface area contributed by atoms with Crippen molar-refractivity contribution in [3.05, 3.63) is 30.1 Å². The maximum absolute atomic E-state index is 12.2. The Morgan fingerprint density at radius 1 is 1.41 bits per heavy atom. The molecule has 1 fully saturated rings. The van der Waals surface area contributed by atoms with E-state index in [1.165, 1.54) is 12.3 Å². The molecule has 1 aromatic rings. The van der Waals surface area contributed by atoms with Gasteiger partial charge in [-0.3, -0.25) is 9.98 Å². The van der Waals surface area contributed by atoms with Gasteiger partial charge < -0.3 is 24.3 Å². The second kappa shape index (κ2) is 10.1. The Morgan fingerprint density at radius 3 is 2.78 bits per heavy atom. The zero-order valence-electron chi connectivity index (χ0n) is 15.1. The first-order valence-electron chi connectivity index (χ1n) is 8.25. The van der Waals surface area contributed by atoms with Gasteiger partial charge in [0.15, 0.2) is 6.61 Å². The van der Waals surface area contributed by atoms with E-state index in [1.54, 1.807) is 26.2 Å². The number of rotatable bonds is 7. The van der Waals surface area contributed by atoms with Crippen molar-refractivity contribution in [3.8, 4) is 5.75 Å². The van der Waals surface area contributed by atoms with Gasteiger partial charge in [0.25, 0.3) is 0 Å². The molecule has 0 aromatic carbocycles. The van der Waals surface area contributed by atoms with E-state index >= 15 is 0 Å². The van der Waals surface area contributed by atoms with Crippen LogP contribution >= 0.6 is 0 Å². The Bertz CT molecular complexity index is 642. The predicted molar refractivity (Wildman–Crippen MR) is 92.7 cm³/mol. The van der Waals surface area contributed by atoms with Crippen molar-refractivity contribution >= 4 is 11.6 Å². The van der Waals surface area contributed by atoms with Gasteiger partial charge in [0.05, 0.1) is 37.4 Å². The van der Waals surface area contributed by atoms with Crippen molar-refractivity contribution in [2.45, 2.75) is 12.3 Å². The van der Waals surface area contributed by atoms with E-state index in [0.29, 0.717) is 37.1 Å². The summed E-state index contributed by atoms with van der Waals surface area (Å²) in [5.74, 6) is 0.384. The lowest BCUT2D eigenvalue weighted by Gasteiger charge is -2.22. The van der Waals surface area contributed by atoms with Crippen LogP contribution in [0.2, 0.25) is 0 Å². The smallest absolute Gasteiger partial charge is 0.422 e. The van der Waals surface area contributed by atoms with Crippen LogP contribution in [0.4, 0.5) is 13.2 Å². The highest BCUT2D eigenvalue weighted by atomic mass is 19.4. The van der Waals surface area contributed by atoms with Gasteiger partial charge in [0, 0.05) is 20.2 Å². The summed E-state index contributed by atoms with van der Waals surface area (Å²) in [4.78, 5) is 8.17. The van der Waals surface area contributed by atoms with E-state index in [4.69, 9.17) is 14.2 Å². The fourth-order valence-corrected chi connectivity index (χ4v) is 2.17. The van der Waals surface area contributed by atoms with E-state index < -0.39 is 12.8 Å². The maximum Gasteiger partial charge on any atom is 0.422 e. The third-order valence-corrected chi connectivity index (χ3v) is 3.47. The van der Waals surface area contributed by atoms with Crippen LogP contribution in [-0.4, -0.2) is 70.3 Å². The van der Waals surface area contributed by atoms with E-state index in [-0.39, 0.29) is 18.5 Å². The molecule has 0 aliphatic carbocycles. The predicted octanol–water partition coefficient (Wildman–Crippen LogP) is 2.04. The van der Waals surface area contributed by atoms with Crippen molar-refractivity contribution in [3.63, 3.8) is 0 Å². The molecule has 0 radical (unpaired) electrons. The van der Waals surface area contributed by atoms with Crippen LogP contribution in [0.3, 0.4) is 0 Å². The van der Waals surface area contributed by atoms with Gasteiger partial charge in [-0.05, 0) is 12.1 Å². The summed E-state index contributed by atoms with van der Waals surface area (Å²) in [5, 5.41) is 2.96. The molecule has 1 aromatic heterocycles. The number of hydrogen-bond donors (Lipinski definition) is 1. The van der Waals surface area contributed by atoms with E-state index in [0.717, 1.165) is 0 Å². The van der Waals surface area contributed by atoms with Gasteiger partial charge in [-0.1, -0.05) is 0 Å². The number of pyridine rings is 1. The van der Waals surface area contributed by atoms with E-state index in [1.807, 2.05) is 0 Å². The lowest BCUT2D eigenvalue weighted by Crippen LogP contribution is -2.33. The molecule has 1 unspecified atom stereocenters. The average Bonchev–Trinajstić information content (AvgIpc) is 2.67. The lowest BCUT2D eigenvalue weighted by molar-refractivity contribution is -0.153. The van der Waals surface area contributed by atoms with E-state index in [2.05, 4.69) is 20.0 Å². The van der Waals surface area contributed by atoms with Gasteiger partial charge in [0.2, 0.25) is 5.90 Å². The van der Waals surface area contributed by atoms with Crippen LogP contribution in [0.5, 0.6) is 5.75 Å². The lowest BCUT2D eigenvalue weighted by atomic mass is 10.2. The number of nitrogens with zero attached hydrogens (tertiary/aromatic N) is 2. The number of hydrogen-bond acceptors (Lipinski definition) is 7. The minimum Gasteiger partial charge on any atom is -0.483 e. The van der Waals surface area contributed by atoms with Crippen LogP contribution in [0.1, 0.15) is 5.69 Å². The first-order valence-corrected chi connectivity index (χ1v) is 8.25. The fraction of sp³-hybridized carbons (Fsp3) is 0.529. The number of aliphatic imine (C=N–C) groups is 1. The number of halogens is 3. The quantitative estimate of drug-likeness (QED) is 0.568. The zero-order valence-corrected chi connectivity index (χ0v) is 15.1. The molecule has 1 aliphatic heterocycles. The highest BCUT2D eigenvalue weighted by molar-refractivity contribution is 5.94. The number of ether oxygens (including phenoxy) is 4. The summed E-state index contributed by atoms with van der Waals surface area (Å²) in [5.41, 5.74) is 1.08. The minimum atomic E-state index is -4.40. The van der Waals surface area contributed by atoms with Gasteiger partial charge >= 0.3 is 6.18 Å². The Kier molecular flexibility index (Phi) is 7.86. The molecule has 0 amide bonds. The monoisotopic (exact) mass is 389 g/mol. The van der Waals surface area contributed by atoms with Crippen molar-refractivity contribution in [1.82, 2.24) is 10.3 Å². The Hall–Kier alpha value is -2.33. The summed E-state index contributed by atoms with van der Waals surface area (Å²) < 4.78 is 57.6. The molecule has 1 saturated heterocycles. The topological polar surface area (TPSA) is 74.2 Å². The van der Waals surface area contributed by atoms with Crippen molar-refractivity contribution in [1.29, 1.82) is 0 Å². The van der Waals surface area contributed by atoms with Crippen molar-refractivity contribution in [2.75, 3.05) is 47.1 Å². The molecular weight excluding hydrogens is 367 g/mol. The second-order valence-corrected chi connectivity index (χ2v) is 5.53. The summed E-state index contributed by atoms with van der Waals surface area (Å²) in [7, 11) is 3.27. The molecule has 1 N–H and O–H groups in total. The molecule has 2 rings (SSSR count). The number of aromatic nitrogens is 1. The molecular formula is C17H22F3N3O4. The Labute approximate surface area is 155 Å². The van der Waals surface area contributed by atoms with Crippen LogP contribution in [0.25, 0.3) is 5.70 Å². The van der Waals surface area contributed by atoms with Crippen LogP contribution < -0.4 is 10.1 Å². The summed E-state index contributed by atoms with van der Waals surface area (Å²) in [6.45, 7) is 0.481. The normalized spacial score (nSPS) is 18.9. The van der Waals surface area contributed by atoms with Crippen molar-refractivity contribution < 1.29 is 32.1 Å². The number of alkyl halides is 3. The minimum absolute atomic E-state index is 0.0293. The molecule has 2 heterocycles. The van der Waals surface area contributed by atoms with Crippen LogP contribution in [0, 0.1) is 0 Å². The maximum atomic E-state index is 12.2. The Morgan fingerprint density at radius 2 is 2.22 bits per heavy atom. The SMILES string of the molecule is CN=C(/C=C(\NC)c1ccc(OCC(F)(F)F)cn1)OCC1COCCO1. The van der Waals surface area contributed by atoms with E-state index in [9.17, 15) is 13.2 Å². The third-order valence-electron chi connectivity index (χ3n) is 3.47.